The first-order chi connectivity index (χ1) is 11.2. The van der Waals surface area contributed by atoms with Crippen LogP contribution in [0.25, 0.3) is 0 Å². The third kappa shape index (κ3) is 3.89. The van der Waals surface area contributed by atoms with Gasteiger partial charge in [-0.25, -0.2) is 0 Å². The van der Waals surface area contributed by atoms with Crippen LogP contribution in [0.5, 0.6) is 11.6 Å². The minimum atomic E-state index is -0.368. The first-order valence-electron chi connectivity index (χ1n) is 6.82. The molecule has 2 aromatic heterocycles. The summed E-state index contributed by atoms with van der Waals surface area (Å²) in [6.45, 7) is 0.252. The molecule has 3 rings (SSSR count). The SMILES string of the molecule is COc1csc(NC(=O)c2ccc(COc3ccccc3)o2)n1. The highest BCUT2D eigenvalue weighted by molar-refractivity contribution is 7.14. The molecule has 23 heavy (non-hydrogen) atoms. The molecule has 3 aromatic rings. The Morgan fingerprint density at radius 2 is 2.09 bits per heavy atom. The fourth-order valence-corrected chi connectivity index (χ4v) is 2.47. The van der Waals surface area contributed by atoms with Gasteiger partial charge in [-0.05, 0) is 24.3 Å². The van der Waals surface area contributed by atoms with Gasteiger partial charge in [0.15, 0.2) is 10.9 Å². The molecule has 0 bridgehead atoms. The molecule has 2 heterocycles. The number of aromatic nitrogens is 1. The molecule has 0 unspecified atom stereocenters. The van der Waals surface area contributed by atoms with Crippen molar-refractivity contribution in [1.82, 2.24) is 4.98 Å². The molecule has 0 aliphatic rings. The second-order valence-corrected chi connectivity index (χ2v) is 5.37. The normalized spacial score (nSPS) is 10.3. The highest BCUT2D eigenvalue weighted by Crippen LogP contribution is 2.21. The van der Waals surface area contributed by atoms with Crippen LogP contribution in [-0.4, -0.2) is 18.0 Å². The second-order valence-electron chi connectivity index (χ2n) is 4.52. The Bertz CT molecular complexity index is 782. The van der Waals surface area contributed by atoms with Gasteiger partial charge in [0.2, 0.25) is 5.88 Å². The number of hydrogen-bond donors (Lipinski definition) is 1. The summed E-state index contributed by atoms with van der Waals surface area (Å²) in [4.78, 5) is 16.2. The molecule has 0 aliphatic heterocycles. The molecule has 0 spiro atoms. The van der Waals surface area contributed by atoms with Crippen molar-refractivity contribution >= 4 is 22.4 Å². The van der Waals surface area contributed by atoms with Gasteiger partial charge in [-0.1, -0.05) is 18.2 Å². The first-order valence-corrected chi connectivity index (χ1v) is 7.70. The van der Waals surface area contributed by atoms with Crippen molar-refractivity contribution in [2.75, 3.05) is 12.4 Å². The van der Waals surface area contributed by atoms with Crippen molar-refractivity contribution < 1.29 is 18.7 Å². The molecule has 1 aromatic carbocycles. The van der Waals surface area contributed by atoms with Crippen LogP contribution in [0.1, 0.15) is 16.3 Å². The summed E-state index contributed by atoms with van der Waals surface area (Å²) in [6, 6.07) is 12.7. The van der Waals surface area contributed by atoms with Crippen LogP contribution in [0, 0.1) is 0 Å². The quantitative estimate of drug-likeness (QED) is 0.748. The van der Waals surface area contributed by atoms with Gasteiger partial charge in [-0.3, -0.25) is 10.1 Å². The smallest absolute Gasteiger partial charge is 0.293 e. The molecule has 118 valence electrons. The molecule has 1 amide bonds. The Labute approximate surface area is 136 Å². The van der Waals surface area contributed by atoms with Gasteiger partial charge in [0.05, 0.1) is 12.5 Å². The molecule has 0 fully saturated rings. The summed E-state index contributed by atoms with van der Waals surface area (Å²) < 4.78 is 16.0. The van der Waals surface area contributed by atoms with Crippen LogP contribution >= 0.6 is 11.3 Å². The van der Waals surface area contributed by atoms with Crippen LogP contribution in [0.4, 0.5) is 5.13 Å². The zero-order valence-electron chi connectivity index (χ0n) is 12.3. The third-order valence-corrected chi connectivity index (χ3v) is 3.66. The molecular weight excluding hydrogens is 316 g/mol. The monoisotopic (exact) mass is 330 g/mol. The van der Waals surface area contributed by atoms with Gasteiger partial charge in [-0.2, -0.15) is 4.98 Å². The number of benzene rings is 1. The zero-order valence-corrected chi connectivity index (χ0v) is 13.1. The zero-order chi connectivity index (χ0) is 16.1. The lowest BCUT2D eigenvalue weighted by Crippen LogP contribution is -2.10. The number of methoxy groups -OCH3 is 1. The van der Waals surface area contributed by atoms with Crippen LogP contribution in [-0.2, 0) is 6.61 Å². The molecule has 1 N–H and O–H groups in total. The number of anilines is 1. The van der Waals surface area contributed by atoms with E-state index >= 15 is 0 Å². The average molecular weight is 330 g/mol. The van der Waals surface area contributed by atoms with E-state index < -0.39 is 0 Å². The Morgan fingerprint density at radius 3 is 2.83 bits per heavy atom. The van der Waals surface area contributed by atoms with Crippen LogP contribution in [0.3, 0.4) is 0 Å². The van der Waals surface area contributed by atoms with E-state index in [4.69, 9.17) is 13.9 Å². The van der Waals surface area contributed by atoms with E-state index in [1.54, 1.807) is 17.5 Å². The lowest BCUT2D eigenvalue weighted by molar-refractivity contribution is 0.0992. The van der Waals surface area contributed by atoms with Gasteiger partial charge in [0.25, 0.3) is 5.91 Å². The maximum absolute atomic E-state index is 12.1. The van der Waals surface area contributed by atoms with E-state index in [0.29, 0.717) is 16.8 Å². The third-order valence-electron chi connectivity index (χ3n) is 2.92. The summed E-state index contributed by atoms with van der Waals surface area (Å²) in [6.07, 6.45) is 0. The number of rotatable bonds is 6. The number of nitrogens with zero attached hydrogens (tertiary/aromatic N) is 1. The molecule has 0 aliphatic carbocycles. The number of carbonyl (C=O) groups is 1. The van der Waals surface area contributed by atoms with E-state index in [1.807, 2.05) is 30.3 Å². The van der Waals surface area contributed by atoms with Crippen LogP contribution < -0.4 is 14.8 Å². The van der Waals surface area contributed by atoms with Gasteiger partial charge in [0.1, 0.15) is 18.1 Å². The number of carbonyl (C=O) groups excluding carboxylic acids is 1. The van der Waals surface area contributed by atoms with Gasteiger partial charge in [0, 0.05) is 0 Å². The highest BCUT2D eigenvalue weighted by Gasteiger charge is 2.14. The molecule has 7 heteroatoms. The van der Waals surface area contributed by atoms with E-state index in [0.717, 1.165) is 5.75 Å². The Morgan fingerprint density at radius 1 is 1.26 bits per heavy atom. The van der Waals surface area contributed by atoms with Crippen molar-refractivity contribution in [2.24, 2.45) is 0 Å². The van der Waals surface area contributed by atoms with Gasteiger partial charge < -0.3 is 13.9 Å². The number of thiazole rings is 1. The summed E-state index contributed by atoms with van der Waals surface area (Å²) in [7, 11) is 1.52. The van der Waals surface area contributed by atoms with Crippen LogP contribution in [0.2, 0.25) is 0 Å². The predicted molar refractivity (Wildman–Crippen MR) is 86.1 cm³/mol. The number of nitrogens with one attached hydrogen (secondary N) is 1. The van der Waals surface area contributed by atoms with Crippen molar-refractivity contribution in [3.8, 4) is 11.6 Å². The van der Waals surface area contributed by atoms with E-state index in [2.05, 4.69) is 10.3 Å². The summed E-state index contributed by atoms with van der Waals surface area (Å²) in [5.41, 5.74) is 0. The number of hydrogen-bond acceptors (Lipinski definition) is 6. The van der Waals surface area contributed by atoms with Crippen molar-refractivity contribution in [3.63, 3.8) is 0 Å². The standard InChI is InChI=1S/C16H14N2O4S/c1-20-14-10-23-16(17-14)18-15(19)13-8-7-12(22-13)9-21-11-5-3-2-4-6-11/h2-8,10H,9H2,1H3,(H,17,18,19). The molecular formula is C16H14N2O4S. The molecule has 0 saturated carbocycles. The number of para-hydroxylation sites is 1. The molecule has 6 nitrogen and oxygen atoms in total. The number of ether oxygens (including phenoxy) is 2. The number of amides is 1. The topological polar surface area (TPSA) is 73.6 Å². The highest BCUT2D eigenvalue weighted by atomic mass is 32.1. The van der Waals surface area contributed by atoms with Gasteiger partial charge >= 0.3 is 0 Å². The average Bonchev–Trinajstić information content (AvgIpc) is 3.23. The van der Waals surface area contributed by atoms with Gasteiger partial charge in [-0.15, -0.1) is 11.3 Å². The minimum Gasteiger partial charge on any atom is -0.486 e. The Kier molecular flexibility index (Phi) is 4.58. The lowest BCUT2D eigenvalue weighted by Gasteiger charge is -2.03. The second kappa shape index (κ2) is 6.97. The summed E-state index contributed by atoms with van der Waals surface area (Å²) >= 11 is 1.28. The maximum atomic E-state index is 12.1. The van der Waals surface area contributed by atoms with E-state index in [1.165, 1.54) is 18.4 Å². The number of furan rings is 1. The maximum Gasteiger partial charge on any atom is 0.293 e. The largest absolute Gasteiger partial charge is 0.486 e. The Hall–Kier alpha value is -2.80. The fourth-order valence-electron chi connectivity index (χ4n) is 1.82. The fraction of sp³-hybridized carbons (Fsp3) is 0.125. The lowest BCUT2D eigenvalue weighted by atomic mass is 10.3. The van der Waals surface area contributed by atoms with Crippen LogP contribution in [0.15, 0.2) is 52.3 Å². The van der Waals surface area contributed by atoms with Crippen molar-refractivity contribution in [3.05, 3.63) is 59.4 Å². The minimum absolute atomic E-state index is 0.200. The molecule has 0 saturated heterocycles. The van der Waals surface area contributed by atoms with E-state index in [-0.39, 0.29) is 18.3 Å². The summed E-state index contributed by atoms with van der Waals surface area (Å²) in [5.74, 6) is 1.60. The van der Waals surface area contributed by atoms with Crippen molar-refractivity contribution in [1.29, 1.82) is 0 Å². The summed E-state index contributed by atoms with van der Waals surface area (Å²) in [5, 5.41) is 4.81. The molecule has 0 radical (unpaired) electrons. The predicted octanol–water partition coefficient (Wildman–Crippen LogP) is 3.58. The van der Waals surface area contributed by atoms with Crippen molar-refractivity contribution in [2.45, 2.75) is 6.61 Å². The first kappa shape index (κ1) is 15.1. The molecule has 0 atom stereocenters. The Balaban J connectivity index is 1.58. The van der Waals surface area contributed by atoms with E-state index in [9.17, 15) is 4.79 Å².